The number of amides is 1. The van der Waals surface area contributed by atoms with Gasteiger partial charge in [0.25, 0.3) is 0 Å². The molecule has 162 valence electrons. The van der Waals surface area contributed by atoms with Gasteiger partial charge in [-0.1, -0.05) is 36.0 Å². The normalized spacial score (nSPS) is 13.3. The minimum absolute atomic E-state index is 0.0345. The van der Waals surface area contributed by atoms with Crippen molar-refractivity contribution < 1.29 is 13.9 Å². The molecule has 1 heterocycles. The van der Waals surface area contributed by atoms with Crippen molar-refractivity contribution in [3.05, 3.63) is 65.7 Å². The largest absolute Gasteiger partial charge is 0.494 e. The van der Waals surface area contributed by atoms with Crippen LogP contribution < -0.4 is 4.74 Å². The summed E-state index contributed by atoms with van der Waals surface area (Å²) in [5, 5.41) is 5.25. The highest BCUT2D eigenvalue weighted by Gasteiger charge is 2.30. The number of ether oxygens (including phenoxy) is 1. The summed E-state index contributed by atoms with van der Waals surface area (Å²) in [5.74, 6) is 1.36. The lowest BCUT2D eigenvalue weighted by atomic mass is 10.2. The predicted molar refractivity (Wildman–Crippen MR) is 118 cm³/mol. The molecule has 31 heavy (non-hydrogen) atoms. The smallest absolute Gasteiger partial charge is 0.233 e. The van der Waals surface area contributed by atoms with Crippen LogP contribution in [0.1, 0.15) is 37.1 Å². The first-order valence-electron chi connectivity index (χ1n) is 10.3. The average Bonchev–Trinajstić information content (AvgIpc) is 3.55. The molecule has 1 aromatic heterocycles. The number of methoxy groups -OCH3 is 1. The van der Waals surface area contributed by atoms with E-state index in [9.17, 15) is 9.18 Å². The fourth-order valence-corrected chi connectivity index (χ4v) is 4.09. The third-order valence-electron chi connectivity index (χ3n) is 5.20. The zero-order chi connectivity index (χ0) is 21.8. The predicted octanol–water partition coefficient (Wildman–Crippen LogP) is 4.43. The van der Waals surface area contributed by atoms with E-state index in [1.165, 1.54) is 24.9 Å². The van der Waals surface area contributed by atoms with Crippen LogP contribution in [0.15, 0.2) is 53.7 Å². The highest BCUT2D eigenvalue weighted by molar-refractivity contribution is 7.99. The van der Waals surface area contributed by atoms with E-state index in [1.807, 2.05) is 41.9 Å². The van der Waals surface area contributed by atoms with Crippen molar-refractivity contribution in [3.63, 3.8) is 0 Å². The molecular formula is C23H25FN4O2S. The average molecular weight is 441 g/mol. The summed E-state index contributed by atoms with van der Waals surface area (Å²) in [7, 11) is 1.43. The summed E-state index contributed by atoms with van der Waals surface area (Å²) in [5.41, 5.74) is 1.70. The maximum absolute atomic E-state index is 14.0. The number of rotatable bonds is 9. The molecule has 0 atom stereocenters. The lowest BCUT2D eigenvalue weighted by Crippen LogP contribution is -2.31. The van der Waals surface area contributed by atoms with E-state index in [4.69, 9.17) is 9.72 Å². The molecule has 1 amide bonds. The highest BCUT2D eigenvalue weighted by atomic mass is 32.2. The summed E-state index contributed by atoms with van der Waals surface area (Å²) < 4.78 is 20.8. The van der Waals surface area contributed by atoms with Gasteiger partial charge in [-0.2, -0.15) is 0 Å². The number of para-hydroxylation sites is 1. The lowest BCUT2D eigenvalue weighted by Gasteiger charge is -2.20. The lowest BCUT2D eigenvalue weighted by molar-refractivity contribution is -0.128. The number of carbonyl (C=O) groups excluding carboxylic acids is 1. The van der Waals surface area contributed by atoms with Crippen LogP contribution in [0.25, 0.3) is 5.69 Å². The van der Waals surface area contributed by atoms with Gasteiger partial charge in [-0.3, -0.25) is 4.79 Å². The van der Waals surface area contributed by atoms with Crippen molar-refractivity contribution in [2.75, 3.05) is 19.4 Å². The molecular weight excluding hydrogens is 415 g/mol. The second-order valence-corrected chi connectivity index (χ2v) is 8.38. The zero-order valence-electron chi connectivity index (χ0n) is 17.6. The zero-order valence-corrected chi connectivity index (χ0v) is 18.4. The van der Waals surface area contributed by atoms with Crippen LogP contribution in [0.2, 0.25) is 0 Å². The molecule has 0 bridgehead atoms. The van der Waals surface area contributed by atoms with Crippen LogP contribution in [0.4, 0.5) is 4.39 Å². The Labute approximate surface area is 185 Å². The van der Waals surface area contributed by atoms with Crippen molar-refractivity contribution in [2.24, 2.45) is 0 Å². The molecule has 0 saturated heterocycles. The number of halogens is 1. The molecule has 1 saturated carbocycles. The van der Waals surface area contributed by atoms with E-state index in [2.05, 4.69) is 5.10 Å². The number of carbonyl (C=O) groups is 1. The first-order valence-corrected chi connectivity index (χ1v) is 11.3. The molecule has 0 spiro atoms. The first-order chi connectivity index (χ1) is 15.1. The van der Waals surface area contributed by atoms with Gasteiger partial charge in [-0.15, -0.1) is 5.10 Å². The number of nitrogens with zero attached hydrogens (tertiary/aromatic N) is 4. The Morgan fingerprint density at radius 1 is 1.26 bits per heavy atom. The Kier molecular flexibility index (Phi) is 6.56. The van der Waals surface area contributed by atoms with Crippen molar-refractivity contribution in [1.82, 2.24) is 19.7 Å². The van der Waals surface area contributed by atoms with Crippen molar-refractivity contribution in [1.29, 1.82) is 0 Å². The maximum atomic E-state index is 14.0. The Morgan fingerprint density at radius 3 is 2.68 bits per heavy atom. The van der Waals surface area contributed by atoms with Gasteiger partial charge in [0.05, 0.1) is 18.6 Å². The van der Waals surface area contributed by atoms with Crippen LogP contribution in [0, 0.1) is 5.82 Å². The van der Waals surface area contributed by atoms with Crippen LogP contribution in [0.5, 0.6) is 5.75 Å². The summed E-state index contributed by atoms with van der Waals surface area (Å²) in [6.45, 7) is 2.79. The quantitative estimate of drug-likeness (QED) is 0.461. The molecule has 2 aromatic carbocycles. The van der Waals surface area contributed by atoms with E-state index in [-0.39, 0.29) is 17.4 Å². The van der Waals surface area contributed by atoms with E-state index in [0.29, 0.717) is 24.2 Å². The number of thioether (sulfide) groups is 1. The molecule has 0 N–H and O–H groups in total. The van der Waals surface area contributed by atoms with E-state index in [0.717, 1.165) is 29.9 Å². The fourth-order valence-electron chi connectivity index (χ4n) is 3.35. The second-order valence-electron chi connectivity index (χ2n) is 7.44. The highest BCUT2D eigenvalue weighted by Crippen LogP contribution is 2.40. The van der Waals surface area contributed by atoms with E-state index >= 15 is 0 Å². The standard InChI is InChI=1S/C23H25FN4O2S/c1-3-27(14-16-9-12-20(30-2)19(24)13-16)21(29)15-31-23-25-22(17-10-11-17)28(26-23)18-7-5-4-6-8-18/h4-9,12-13,17H,3,10-11,14-15H2,1-2H3. The first kappa shape index (κ1) is 21.4. The van der Waals surface area contributed by atoms with E-state index in [1.54, 1.807) is 17.0 Å². The summed E-state index contributed by atoms with van der Waals surface area (Å²) >= 11 is 1.34. The van der Waals surface area contributed by atoms with Gasteiger partial charge in [0.1, 0.15) is 5.82 Å². The van der Waals surface area contributed by atoms with Crippen molar-refractivity contribution >= 4 is 17.7 Å². The maximum Gasteiger partial charge on any atom is 0.233 e. The fraction of sp³-hybridized carbons (Fsp3) is 0.348. The topological polar surface area (TPSA) is 60.2 Å². The van der Waals surface area contributed by atoms with Crippen molar-refractivity contribution in [3.8, 4) is 11.4 Å². The number of hydrogen-bond donors (Lipinski definition) is 0. The van der Waals surface area contributed by atoms with Crippen LogP contribution in [-0.2, 0) is 11.3 Å². The third-order valence-corrected chi connectivity index (χ3v) is 6.03. The van der Waals surface area contributed by atoms with Gasteiger partial charge in [-0.05, 0) is 49.6 Å². The summed E-state index contributed by atoms with van der Waals surface area (Å²) in [4.78, 5) is 19.2. The van der Waals surface area contributed by atoms with Crippen LogP contribution in [-0.4, -0.2) is 45.0 Å². The molecule has 0 unspecified atom stereocenters. The van der Waals surface area contributed by atoms with Gasteiger partial charge >= 0.3 is 0 Å². The molecule has 1 fully saturated rings. The van der Waals surface area contributed by atoms with Gasteiger partial charge in [0.2, 0.25) is 11.1 Å². The van der Waals surface area contributed by atoms with E-state index < -0.39 is 5.82 Å². The monoisotopic (exact) mass is 440 g/mol. The minimum atomic E-state index is -0.430. The molecule has 0 aliphatic heterocycles. The molecule has 4 rings (SSSR count). The third kappa shape index (κ3) is 5.07. The minimum Gasteiger partial charge on any atom is -0.494 e. The molecule has 0 radical (unpaired) electrons. The van der Waals surface area contributed by atoms with Gasteiger partial charge in [-0.25, -0.2) is 14.1 Å². The Bertz CT molecular complexity index is 1050. The summed E-state index contributed by atoms with van der Waals surface area (Å²) in [6, 6.07) is 14.7. The Hall–Kier alpha value is -2.87. The molecule has 3 aromatic rings. The van der Waals surface area contributed by atoms with Crippen LogP contribution in [0.3, 0.4) is 0 Å². The van der Waals surface area contributed by atoms with Gasteiger partial charge in [0, 0.05) is 19.0 Å². The number of aromatic nitrogens is 3. The Balaban J connectivity index is 1.42. The van der Waals surface area contributed by atoms with Crippen molar-refractivity contribution in [2.45, 2.75) is 37.4 Å². The van der Waals surface area contributed by atoms with Gasteiger partial charge < -0.3 is 9.64 Å². The SMILES string of the molecule is CCN(Cc1ccc(OC)c(F)c1)C(=O)CSc1nc(C2CC2)n(-c2ccccc2)n1. The Morgan fingerprint density at radius 2 is 2.03 bits per heavy atom. The van der Waals surface area contributed by atoms with Crippen LogP contribution >= 0.6 is 11.8 Å². The molecule has 8 heteroatoms. The van der Waals surface area contributed by atoms with Gasteiger partial charge in [0.15, 0.2) is 11.6 Å². The number of benzene rings is 2. The molecule has 1 aliphatic rings. The molecule has 6 nitrogen and oxygen atoms in total. The number of hydrogen-bond acceptors (Lipinski definition) is 5. The second kappa shape index (κ2) is 9.51. The molecule has 1 aliphatic carbocycles. The summed E-state index contributed by atoms with van der Waals surface area (Å²) in [6.07, 6.45) is 2.24.